The van der Waals surface area contributed by atoms with E-state index in [-0.39, 0.29) is 35.3 Å². The number of amides is 2. The predicted octanol–water partition coefficient (Wildman–Crippen LogP) is 2.20. The fourth-order valence-corrected chi connectivity index (χ4v) is 3.10. The van der Waals surface area contributed by atoms with Crippen LogP contribution in [0.3, 0.4) is 0 Å². The highest BCUT2D eigenvalue weighted by atomic mass is 35.5. The largest absolute Gasteiger partial charge is 0.508 e. The third-order valence-electron chi connectivity index (χ3n) is 4.48. The smallest absolute Gasteiger partial charge is 0.256 e. The van der Waals surface area contributed by atoms with Crippen molar-refractivity contribution in [3.8, 4) is 5.75 Å². The molecular weight excluding hydrogens is 375 g/mol. The number of nitrogens with zero attached hydrogens (tertiary/aromatic N) is 2. The molecule has 1 heterocycles. The second-order valence-electron chi connectivity index (χ2n) is 6.23. The van der Waals surface area contributed by atoms with E-state index in [1.165, 1.54) is 41.3 Å². The van der Waals surface area contributed by atoms with E-state index in [4.69, 9.17) is 11.6 Å². The summed E-state index contributed by atoms with van der Waals surface area (Å²) in [4.78, 5) is 27.9. The summed E-state index contributed by atoms with van der Waals surface area (Å²) < 4.78 is 13.9. The van der Waals surface area contributed by atoms with Crippen LogP contribution in [0, 0.1) is 5.82 Å². The number of benzene rings is 2. The van der Waals surface area contributed by atoms with Crippen LogP contribution in [0.2, 0.25) is 5.02 Å². The maximum atomic E-state index is 13.9. The van der Waals surface area contributed by atoms with E-state index in [2.05, 4.69) is 0 Å². The SMILES string of the molecule is O=C(c1ccc(O)cc1)N1CCN(C(=O)C(O)c2ccc(Cl)cc2F)CC1. The molecule has 1 saturated heterocycles. The highest BCUT2D eigenvalue weighted by Crippen LogP contribution is 2.23. The van der Waals surface area contributed by atoms with Crippen LogP contribution < -0.4 is 0 Å². The molecule has 1 aliphatic heterocycles. The number of rotatable bonds is 3. The number of aromatic hydroxyl groups is 1. The van der Waals surface area contributed by atoms with Crippen molar-refractivity contribution in [3.63, 3.8) is 0 Å². The van der Waals surface area contributed by atoms with E-state index in [1.807, 2.05) is 0 Å². The van der Waals surface area contributed by atoms with Gasteiger partial charge >= 0.3 is 0 Å². The first-order valence-electron chi connectivity index (χ1n) is 8.37. The number of phenols is 1. The molecule has 2 amide bonds. The first-order chi connectivity index (χ1) is 12.9. The second kappa shape index (κ2) is 7.94. The molecule has 0 spiro atoms. The van der Waals surface area contributed by atoms with Crippen molar-refractivity contribution < 1.29 is 24.2 Å². The number of carbonyl (C=O) groups excluding carboxylic acids is 2. The lowest BCUT2D eigenvalue weighted by Gasteiger charge is -2.35. The summed E-state index contributed by atoms with van der Waals surface area (Å²) in [6.45, 7) is 1.05. The van der Waals surface area contributed by atoms with Crippen LogP contribution in [-0.4, -0.2) is 58.0 Å². The molecule has 142 valence electrons. The molecule has 1 aliphatic rings. The molecule has 6 nitrogen and oxygen atoms in total. The lowest BCUT2D eigenvalue weighted by molar-refractivity contribution is -0.142. The highest BCUT2D eigenvalue weighted by molar-refractivity contribution is 6.30. The molecule has 0 bridgehead atoms. The molecule has 0 radical (unpaired) electrons. The van der Waals surface area contributed by atoms with Gasteiger partial charge in [0.2, 0.25) is 0 Å². The van der Waals surface area contributed by atoms with Crippen molar-refractivity contribution >= 4 is 23.4 Å². The number of halogens is 2. The Kier molecular flexibility index (Phi) is 5.62. The zero-order valence-corrected chi connectivity index (χ0v) is 15.1. The van der Waals surface area contributed by atoms with Crippen LogP contribution in [0.25, 0.3) is 0 Å². The van der Waals surface area contributed by atoms with Crippen molar-refractivity contribution in [1.82, 2.24) is 9.80 Å². The molecule has 0 aliphatic carbocycles. The molecule has 2 aromatic carbocycles. The van der Waals surface area contributed by atoms with E-state index >= 15 is 0 Å². The third kappa shape index (κ3) is 4.20. The highest BCUT2D eigenvalue weighted by Gasteiger charge is 2.30. The molecule has 2 N–H and O–H groups in total. The molecule has 3 rings (SSSR count). The van der Waals surface area contributed by atoms with Gasteiger partial charge in [-0.15, -0.1) is 0 Å². The van der Waals surface area contributed by atoms with Crippen molar-refractivity contribution in [2.75, 3.05) is 26.2 Å². The molecule has 8 heteroatoms. The zero-order valence-electron chi connectivity index (χ0n) is 14.3. The number of aliphatic hydroxyl groups is 1. The van der Waals surface area contributed by atoms with E-state index in [1.54, 1.807) is 4.90 Å². The Hall–Kier alpha value is -2.64. The summed E-state index contributed by atoms with van der Waals surface area (Å²) in [7, 11) is 0. The molecular formula is C19H18ClFN2O4. The van der Waals surface area contributed by atoms with Gasteiger partial charge in [0.25, 0.3) is 11.8 Å². The van der Waals surface area contributed by atoms with E-state index < -0.39 is 17.8 Å². The fourth-order valence-electron chi connectivity index (χ4n) is 2.95. The summed E-state index contributed by atoms with van der Waals surface area (Å²) in [6, 6.07) is 9.66. The van der Waals surface area contributed by atoms with Crippen molar-refractivity contribution in [3.05, 3.63) is 64.4 Å². The molecule has 0 aromatic heterocycles. The summed E-state index contributed by atoms with van der Waals surface area (Å²) in [5.41, 5.74) is 0.308. The minimum absolute atomic E-state index is 0.0744. The average molecular weight is 393 g/mol. The van der Waals surface area contributed by atoms with Gasteiger partial charge < -0.3 is 20.0 Å². The third-order valence-corrected chi connectivity index (χ3v) is 4.72. The Balaban J connectivity index is 1.62. The number of carbonyl (C=O) groups is 2. The summed E-state index contributed by atoms with van der Waals surface area (Å²) in [5, 5.41) is 19.7. The van der Waals surface area contributed by atoms with Crippen LogP contribution in [0.15, 0.2) is 42.5 Å². The topological polar surface area (TPSA) is 81.1 Å². The first-order valence-corrected chi connectivity index (χ1v) is 8.74. The molecule has 27 heavy (non-hydrogen) atoms. The van der Waals surface area contributed by atoms with Crippen LogP contribution in [0.4, 0.5) is 4.39 Å². The Morgan fingerprint density at radius 3 is 2.19 bits per heavy atom. The zero-order chi connectivity index (χ0) is 19.6. The lowest BCUT2D eigenvalue weighted by Crippen LogP contribution is -2.51. The number of aliphatic hydroxyl groups excluding tert-OH is 1. The predicted molar refractivity (Wildman–Crippen MR) is 97.0 cm³/mol. The monoisotopic (exact) mass is 392 g/mol. The lowest BCUT2D eigenvalue weighted by atomic mass is 10.1. The van der Waals surface area contributed by atoms with Gasteiger partial charge in [0.15, 0.2) is 6.10 Å². The Morgan fingerprint density at radius 2 is 1.59 bits per heavy atom. The minimum atomic E-state index is -1.62. The fraction of sp³-hybridized carbons (Fsp3) is 0.263. The van der Waals surface area contributed by atoms with E-state index in [0.29, 0.717) is 18.7 Å². The van der Waals surface area contributed by atoms with Crippen LogP contribution in [-0.2, 0) is 4.79 Å². The Labute approximate surface area is 160 Å². The summed E-state index contributed by atoms with van der Waals surface area (Å²) in [5.74, 6) is -1.49. The van der Waals surface area contributed by atoms with Gasteiger partial charge in [-0.25, -0.2) is 4.39 Å². The van der Waals surface area contributed by atoms with Crippen LogP contribution >= 0.6 is 11.6 Å². The van der Waals surface area contributed by atoms with Gasteiger partial charge in [-0.05, 0) is 36.4 Å². The minimum Gasteiger partial charge on any atom is -0.508 e. The standard InChI is InChI=1S/C19H18ClFN2O4/c20-13-3-6-15(16(21)11-13)17(25)19(27)23-9-7-22(8-10-23)18(26)12-1-4-14(24)5-2-12/h1-6,11,17,24-25H,7-10H2. The Morgan fingerprint density at radius 1 is 1.00 bits per heavy atom. The van der Waals surface area contributed by atoms with E-state index in [9.17, 15) is 24.2 Å². The van der Waals surface area contributed by atoms with Gasteiger partial charge in [0.05, 0.1) is 0 Å². The number of hydrogen-bond donors (Lipinski definition) is 2. The molecule has 1 unspecified atom stereocenters. The maximum Gasteiger partial charge on any atom is 0.256 e. The number of piperazine rings is 1. The van der Waals surface area contributed by atoms with Crippen molar-refractivity contribution in [2.45, 2.75) is 6.10 Å². The van der Waals surface area contributed by atoms with Gasteiger partial charge in [0.1, 0.15) is 11.6 Å². The van der Waals surface area contributed by atoms with Gasteiger partial charge in [-0.2, -0.15) is 0 Å². The number of hydrogen-bond acceptors (Lipinski definition) is 4. The molecule has 1 atom stereocenters. The molecule has 1 fully saturated rings. The van der Waals surface area contributed by atoms with E-state index in [0.717, 1.165) is 6.07 Å². The Bertz CT molecular complexity index is 851. The normalized spacial score (nSPS) is 15.5. The molecule has 0 saturated carbocycles. The van der Waals surface area contributed by atoms with Gasteiger partial charge in [-0.3, -0.25) is 9.59 Å². The van der Waals surface area contributed by atoms with Crippen molar-refractivity contribution in [1.29, 1.82) is 0 Å². The van der Waals surface area contributed by atoms with Gasteiger partial charge in [0, 0.05) is 42.3 Å². The molecule has 2 aromatic rings. The quantitative estimate of drug-likeness (QED) is 0.839. The first kappa shape index (κ1) is 19.1. The maximum absolute atomic E-state index is 13.9. The van der Waals surface area contributed by atoms with Gasteiger partial charge in [-0.1, -0.05) is 17.7 Å². The van der Waals surface area contributed by atoms with Crippen molar-refractivity contribution in [2.24, 2.45) is 0 Å². The second-order valence-corrected chi connectivity index (χ2v) is 6.67. The average Bonchev–Trinajstić information content (AvgIpc) is 2.67. The number of phenolic OH excluding ortho intramolecular Hbond substituents is 1. The van der Waals surface area contributed by atoms with Crippen LogP contribution in [0.5, 0.6) is 5.75 Å². The summed E-state index contributed by atoms with van der Waals surface area (Å²) >= 11 is 5.69. The summed E-state index contributed by atoms with van der Waals surface area (Å²) in [6.07, 6.45) is -1.62. The van der Waals surface area contributed by atoms with Crippen LogP contribution in [0.1, 0.15) is 22.0 Å².